The highest BCUT2D eigenvalue weighted by Crippen LogP contribution is 2.14. The van der Waals surface area contributed by atoms with Gasteiger partial charge in [0.25, 0.3) is 0 Å². The van der Waals surface area contributed by atoms with Gasteiger partial charge in [0.2, 0.25) is 17.7 Å². The van der Waals surface area contributed by atoms with E-state index in [1.165, 1.54) is 44.9 Å². The van der Waals surface area contributed by atoms with E-state index in [9.17, 15) is 48.6 Å². The van der Waals surface area contributed by atoms with E-state index in [1.54, 1.807) is 6.20 Å². The monoisotopic (exact) mass is 1040 g/mol. The van der Waals surface area contributed by atoms with Crippen molar-refractivity contribution in [3.8, 4) is 0 Å². The molecule has 0 aliphatic carbocycles. The van der Waals surface area contributed by atoms with E-state index in [-0.39, 0.29) is 133 Å². The van der Waals surface area contributed by atoms with Crippen molar-refractivity contribution in [3.05, 3.63) is 18.2 Å². The normalized spacial score (nSPS) is 12.5. The Kier molecular flexibility index (Phi) is 41.7. The zero-order valence-corrected chi connectivity index (χ0v) is 43.3. The molecule has 418 valence electrons. The lowest BCUT2D eigenvalue weighted by molar-refractivity contribution is -0.142. The van der Waals surface area contributed by atoms with Gasteiger partial charge in [-0.25, -0.2) is 9.78 Å². The van der Waals surface area contributed by atoms with Crippen molar-refractivity contribution in [2.24, 2.45) is 11.7 Å². The summed E-state index contributed by atoms with van der Waals surface area (Å²) < 4.78 is 21.6. The van der Waals surface area contributed by atoms with Crippen LogP contribution in [-0.2, 0) is 63.7 Å². The van der Waals surface area contributed by atoms with Crippen LogP contribution in [0.5, 0.6) is 0 Å². The molecule has 0 unspecified atom stereocenters. The average Bonchev–Trinajstić information content (AvgIpc) is 3.88. The van der Waals surface area contributed by atoms with Gasteiger partial charge in [-0.05, 0) is 38.5 Å². The number of carbonyl (C=O) groups is 8. The maximum atomic E-state index is 12.4. The van der Waals surface area contributed by atoms with Gasteiger partial charge in [-0.2, -0.15) is 0 Å². The van der Waals surface area contributed by atoms with Crippen LogP contribution in [0.2, 0.25) is 0 Å². The highest BCUT2D eigenvalue weighted by atomic mass is 16.5. The molecule has 0 aliphatic heterocycles. The summed E-state index contributed by atoms with van der Waals surface area (Å²) in [5.41, 5.74) is 6.71. The molecule has 1 aromatic heterocycles. The summed E-state index contributed by atoms with van der Waals surface area (Å²) in [4.78, 5) is 102. The number of Topliss-reactive ketones (excluding diaryl/α,β-unsaturated/α-hetero) is 3. The lowest BCUT2D eigenvalue weighted by atomic mass is 9.97. The number of aromatic amines is 1. The average molecular weight is 1040 g/mol. The molecule has 1 aromatic rings. The van der Waals surface area contributed by atoms with Crippen LogP contribution in [0.15, 0.2) is 12.5 Å². The molecule has 0 aromatic carbocycles. The Morgan fingerprint density at radius 1 is 0.589 bits per heavy atom. The molecule has 0 saturated heterocycles. The van der Waals surface area contributed by atoms with E-state index < -0.39 is 36.5 Å². The van der Waals surface area contributed by atoms with Crippen LogP contribution in [0, 0.1) is 5.92 Å². The summed E-state index contributed by atoms with van der Waals surface area (Å²) in [5, 5.41) is 38.5. The molecule has 0 saturated carbocycles. The van der Waals surface area contributed by atoms with Crippen LogP contribution in [0.1, 0.15) is 153 Å². The molecule has 73 heavy (non-hydrogen) atoms. The number of nitrogens with one attached hydrogen (secondary N) is 5. The first-order chi connectivity index (χ1) is 35.3. The molecule has 0 aliphatic rings. The van der Waals surface area contributed by atoms with Crippen molar-refractivity contribution in [1.29, 1.82) is 0 Å². The smallest absolute Gasteiger partial charge is 0.326 e. The number of nitrogens with zero attached hydrogens (tertiary/aromatic N) is 1. The molecule has 0 fully saturated rings. The summed E-state index contributed by atoms with van der Waals surface area (Å²) in [6, 6.07) is -1.86. The molecular weight excluding hydrogens is 951 g/mol. The highest BCUT2D eigenvalue weighted by Gasteiger charge is 2.22. The summed E-state index contributed by atoms with van der Waals surface area (Å²) in [6.07, 6.45) is 21.3. The molecule has 3 atom stereocenters. The van der Waals surface area contributed by atoms with E-state index in [0.29, 0.717) is 51.7 Å². The van der Waals surface area contributed by atoms with Gasteiger partial charge in [0.05, 0.1) is 51.9 Å². The number of carboxylic acid groups (broad SMARTS) is 2. The van der Waals surface area contributed by atoms with Gasteiger partial charge in [-0.15, -0.1) is 0 Å². The largest absolute Gasteiger partial charge is 0.481 e. The molecule has 3 amide bonds. The number of aromatic nitrogens is 2. The number of H-pyrrole nitrogens is 1. The maximum absolute atomic E-state index is 12.4. The molecule has 1 heterocycles. The molecule has 0 bridgehead atoms. The van der Waals surface area contributed by atoms with Crippen LogP contribution in [0.25, 0.3) is 0 Å². The summed E-state index contributed by atoms with van der Waals surface area (Å²) >= 11 is 0. The summed E-state index contributed by atoms with van der Waals surface area (Å²) in [7, 11) is 0. The number of unbranched alkanes of at least 4 members (excludes halogenated alkanes) is 14. The fourth-order valence-corrected chi connectivity index (χ4v) is 7.62. The molecule has 0 radical (unpaired) electrons. The molecule has 0 spiro atoms. The Morgan fingerprint density at radius 2 is 1.18 bits per heavy atom. The Balaban J connectivity index is 1.94. The predicted octanol–water partition coefficient (Wildman–Crippen LogP) is 3.11. The number of nitrogens with two attached hydrogens (primary N) is 1. The van der Waals surface area contributed by atoms with E-state index in [2.05, 4.69) is 31.2 Å². The third kappa shape index (κ3) is 40.4. The summed E-state index contributed by atoms with van der Waals surface area (Å²) in [5.74, 6) is -4.00. The number of hydrogen-bond acceptors (Lipinski definition) is 16. The van der Waals surface area contributed by atoms with E-state index in [4.69, 9.17) is 29.8 Å². The van der Waals surface area contributed by atoms with Crippen molar-refractivity contribution in [2.75, 3.05) is 85.6 Å². The third-order valence-electron chi connectivity index (χ3n) is 11.9. The molecule has 22 heteroatoms. The number of carboxylic acids is 2. The Labute approximate surface area is 431 Å². The minimum absolute atomic E-state index is 0.00208. The zero-order chi connectivity index (χ0) is 53.6. The van der Waals surface area contributed by atoms with Crippen molar-refractivity contribution in [2.45, 2.75) is 166 Å². The number of amides is 3. The van der Waals surface area contributed by atoms with Gasteiger partial charge in [-0.3, -0.25) is 33.6 Å². The van der Waals surface area contributed by atoms with Crippen LogP contribution in [0.3, 0.4) is 0 Å². The number of imidazole rings is 1. The van der Waals surface area contributed by atoms with Crippen LogP contribution >= 0.6 is 0 Å². The lowest BCUT2D eigenvalue weighted by Gasteiger charge is -2.16. The summed E-state index contributed by atoms with van der Waals surface area (Å²) in [6.45, 7) is 1.36. The van der Waals surface area contributed by atoms with E-state index >= 15 is 0 Å². The van der Waals surface area contributed by atoms with Crippen molar-refractivity contribution in [1.82, 2.24) is 31.2 Å². The van der Waals surface area contributed by atoms with Gasteiger partial charge >= 0.3 is 11.9 Å². The first kappa shape index (κ1) is 66.3. The number of rotatable bonds is 53. The number of ketones is 3. The SMILES string of the molecule is N[C@@H](Cc1cnc[nH]1)C(=O)CNC[C@@H](CCCCNC(=O)COCCOCCCC(=O)COCCOCCNC(=O)CC[C@H](NC(=O)CCCCCCCCCCCCCCCCC(=O)O)C(=O)O)C(=O)CO. The Hall–Kier alpha value is -4.71. The number of carbonyl (C=O) groups excluding carboxylic acids is 6. The highest BCUT2D eigenvalue weighted by molar-refractivity contribution is 5.86. The fraction of sp³-hybridized carbons (Fsp3) is 0.784. The number of aliphatic carboxylic acids is 2. The number of aliphatic hydroxyl groups excluding tert-OH is 1. The molecule has 1 rings (SSSR count). The van der Waals surface area contributed by atoms with Crippen molar-refractivity contribution >= 4 is 47.0 Å². The van der Waals surface area contributed by atoms with Gasteiger partial charge in [0.1, 0.15) is 25.9 Å². The Bertz CT molecular complexity index is 1650. The van der Waals surface area contributed by atoms with Gasteiger partial charge < -0.3 is 66.3 Å². The van der Waals surface area contributed by atoms with Crippen LogP contribution < -0.4 is 27.0 Å². The molecular formula is C51H89N7O15. The van der Waals surface area contributed by atoms with Crippen molar-refractivity contribution in [3.63, 3.8) is 0 Å². The molecule has 22 nitrogen and oxygen atoms in total. The van der Waals surface area contributed by atoms with Gasteiger partial charge in [-0.1, -0.05) is 83.5 Å². The molecule has 10 N–H and O–H groups in total. The van der Waals surface area contributed by atoms with Crippen molar-refractivity contribution < 1.29 is 72.6 Å². The third-order valence-corrected chi connectivity index (χ3v) is 11.9. The Morgan fingerprint density at radius 3 is 1.78 bits per heavy atom. The maximum Gasteiger partial charge on any atom is 0.326 e. The standard InChI is InChI=1S/C51H89N7O15/c52-43(32-41-34-54-39-57-41)45(61)35-53-33-40(46(62)36-59)18-15-16-24-55-49(65)38-73-31-28-70-26-17-19-42(60)37-72-30-29-71-27-25-56-47(63)23-22-44(51(68)69)58-48(64)20-13-11-9-7-5-3-1-2-4-6-8-10-12-14-21-50(66)67/h34,39-40,43-44,53,59H,1-33,35-38,52H2,(H,54,57)(H,55,65)(H,56,63)(H,58,64)(H,66,67)(H,68,69)/t40-,43+,44+/m1/s1. The minimum Gasteiger partial charge on any atom is -0.481 e. The quantitative estimate of drug-likeness (QED) is 0.0423. The second-order valence-corrected chi connectivity index (χ2v) is 18.3. The zero-order valence-electron chi connectivity index (χ0n) is 43.3. The van der Waals surface area contributed by atoms with Crippen LogP contribution in [0.4, 0.5) is 0 Å². The second kappa shape index (κ2) is 45.9. The first-order valence-electron chi connectivity index (χ1n) is 26.5. The van der Waals surface area contributed by atoms with Gasteiger partial charge in [0.15, 0.2) is 17.3 Å². The number of hydrogen-bond donors (Lipinski definition) is 9. The van der Waals surface area contributed by atoms with E-state index in [0.717, 1.165) is 50.6 Å². The van der Waals surface area contributed by atoms with Gasteiger partial charge in [0, 0.05) is 76.2 Å². The second-order valence-electron chi connectivity index (χ2n) is 18.3. The number of aliphatic hydroxyl groups is 1. The van der Waals surface area contributed by atoms with Crippen LogP contribution in [-0.4, -0.2) is 170 Å². The fourth-order valence-electron chi connectivity index (χ4n) is 7.62. The first-order valence-corrected chi connectivity index (χ1v) is 26.5. The lowest BCUT2D eigenvalue weighted by Crippen LogP contribution is -2.41. The minimum atomic E-state index is -1.19. The van der Waals surface area contributed by atoms with E-state index in [1.807, 2.05) is 0 Å². The number of ether oxygens (including phenoxy) is 4. The topological polar surface area (TPSA) is 337 Å². The predicted molar refractivity (Wildman–Crippen MR) is 271 cm³/mol.